The highest BCUT2D eigenvalue weighted by molar-refractivity contribution is 5.66. The molecule has 0 fully saturated rings. The molecule has 0 aliphatic rings. The second-order valence-electron chi connectivity index (χ2n) is 5.01. The largest absolute Gasteiger partial charge is 0.481 e. The lowest BCUT2D eigenvalue weighted by Crippen LogP contribution is -1.93. The minimum atomic E-state index is -0.674. The molecule has 0 saturated carbocycles. The highest BCUT2D eigenvalue weighted by Gasteiger charge is 1.95. The van der Waals surface area contributed by atoms with E-state index in [1.807, 2.05) is 0 Å². The standard InChI is InChI=1S/C18H30O2/c1-2-3-4-5-6-7-8-9-10-11-12-13-14-15-16-17-18(19)20/h3-6,9-10H,2,7-8,11-17H2,1H3,(H,19,20). The first kappa shape index (κ1) is 18.7. The highest BCUT2D eigenvalue weighted by atomic mass is 16.4. The van der Waals surface area contributed by atoms with Crippen molar-refractivity contribution in [2.45, 2.75) is 71.1 Å². The molecule has 0 heterocycles. The van der Waals surface area contributed by atoms with E-state index in [4.69, 9.17) is 5.11 Å². The number of carboxylic acids is 1. The van der Waals surface area contributed by atoms with Gasteiger partial charge in [-0.05, 0) is 38.5 Å². The maximum absolute atomic E-state index is 10.3. The number of carboxylic acid groups (broad SMARTS) is 1. The lowest BCUT2D eigenvalue weighted by molar-refractivity contribution is -0.137. The summed E-state index contributed by atoms with van der Waals surface area (Å²) in [5, 5.41) is 8.50. The number of allylic oxidation sites excluding steroid dienone is 6. The number of hydrogen-bond donors (Lipinski definition) is 1. The molecule has 0 saturated heterocycles. The van der Waals surface area contributed by atoms with Crippen molar-refractivity contribution in [2.75, 3.05) is 0 Å². The normalized spacial score (nSPS) is 12.1. The zero-order valence-corrected chi connectivity index (χ0v) is 12.9. The van der Waals surface area contributed by atoms with Crippen LogP contribution in [0.15, 0.2) is 36.5 Å². The van der Waals surface area contributed by atoms with Gasteiger partial charge in [0.05, 0.1) is 0 Å². The van der Waals surface area contributed by atoms with Gasteiger partial charge in [0.15, 0.2) is 0 Å². The third-order valence-electron chi connectivity index (χ3n) is 3.05. The van der Waals surface area contributed by atoms with E-state index in [0.29, 0.717) is 6.42 Å². The van der Waals surface area contributed by atoms with E-state index in [9.17, 15) is 4.79 Å². The van der Waals surface area contributed by atoms with Gasteiger partial charge in [-0.15, -0.1) is 0 Å². The topological polar surface area (TPSA) is 37.3 Å². The van der Waals surface area contributed by atoms with Crippen molar-refractivity contribution in [1.29, 1.82) is 0 Å². The second-order valence-corrected chi connectivity index (χ2v) is 5.01. The van der Waals surface area contributed by atoms with E-state index >= 15 is 0 Å². The van der Waals surface area contributed by atoms with Gasteiger partial charge in [-0.2, -0.15) is 0 Å². The fourth-order valence-corrected chi connectivity index (χ4v) is 1.89. The van der Waals surface area contributed by atoms with Gasteiger partial charge in [0.2, 0.25) is 0 Å². The van der Waals surface area contributed by atoms with E-state index in [2.05, 4.69) is 43.4 Å². The Hall–Kier alpha value is -1.31. The number of carbonyl (C=O) groups is 1. The predicted octanol–water partition coefficient (Wildman–Crippen LogP) is 5.66. The van der Waals surface area contributed by atoms with Crippen LogP contribution < -0.4 is 0 Å². The third kappa shape index (κ3) is 16.7. The van der Waals surface area contributed by atoms with Crippen LogP contribution in [0.2, 0.25) is 0 Å². The monoisotopic (exact) mass is 278 g/mol. The first-order valence-electron chi connectivity index (χ1n) is 7.95. The molecule has 0 aromatic rings. The minimum absolute atomic E-state index is 0.320. The van der Waals surface area contributed by atoms with Crippen LogP contribution in [0.1, 0.15) is 71.1 Å². The molecule has 2 heteroatoms. The average Bonchev–Trinajstić information content (AvgIpc) is 2.43. The molecule has 1 N–H and O–H groups in total. The minimum Gasteiger partial charge on any atom is -0.481 e. The Morgan fingerprint density at radius 1 is 0.800 bits per heavy atom. The maximum atomic E-state index is 10.3. The van der Waals surface area contributed by atoms with Gasteiger partial charge in [0.25, 0.3) is 0 Å². The number of aliphatic carboxylic acids is 1. The first-order valence-corrected chi connectivity index (χ1v) is 7.95. The fraction of sp³-hybridized carbons (Fsp3) is 0.611. The van der Waals surface area contributed by atoms with E-state index in [-0.39, 0.29) is 0 Å². The predicted molar refractivity (Wildman–Crippen MR) is 86.9 cm³/mol. The van der Waals surface area contributed by atoms with Gasteiger partial charge in [0, 0.05) is 6.42 Å². The zero-order chi connectivity index (χ0) is 14.9. The van der Waals surface area contributed by atoms with Crippen LogP contribution in [0.4, 0.5) is 0 Å². The summed E-state index contributed by atoms with van der Waals surface area (Å²) in [4.78, 5) is 10.3. The molecular formula is C18H30O2. The van der Waals surface area contributed by atoms with Crippen molar-refractivity contribution in [3.8, 4) is 0 Å². The Kier molecular flexibility index (Phi) is 14.7. The molecular weight excluding hydrogens is 248 g/mol. The summed E-state index contributed by atoms with van der Waals surface area (Å²) in [7, 11) is 0. The summed E-state index contributed by atoms with van der Waals surface area (Å²) >= 11 is 0. The van der Waals surface area contributed by atoms with Crippen LogP contribution >= 0.6 is 0 Å². The van der Waals surface area contributed by atoms with Crippen molar-refractivity contribution in [1.82, 2.24) is 0 Å². The van der Waals surface area contributed by atoms with Crippen molar-refractivity contribution in [2.24, 2.45) is 0 Å². The summed E-state index contributed by atoms with van der Waals surface area (Å²) in [6.07, 6.45) is 23.4. The number of rotatable bonds is 13. The first-order chi connectivity index (χ1) is 9.77. The molecule has 114 valence electrons. The van der Waals surface area contributed by atoms with Gasteiger partial charge in [-0.3, -0.25) is 4.79 Å². The van der Waals surface area contributed by atoms with Crippen LogP contribution in [0.5, 0.6) is 0 Å². The molecule has 0 spiro atoms. The van der Waals surface area contributed by atoms with Crippen molar-refractivity contribution in [3.05, 3.63) is 36.5 Å². The second kappa shape index (κ2) is 15.7. The Morgan fingerprint density at radius 2 is 1.40 bits per heavy atom. The van der Waals surface area contributed by atoms with Crippen LogP contribution in [-0.4, -0.2) is 11.1 Å². The van der Waals surface area contributed by atoms with Crippen molar-refractivity contribution < 1.29 is 9.90 Å². The molecule has 0 bridgehead atoms. The molecule has 20 heavy (non-hydrogen) atoms. The van der Waals surface area contributed by atoms with E-state index in [1.165, 1.54) is 12.8 Å². The van der Waals surface area contributed by atoms with Gasteiger partial charge >= 0.3 is 5.97 Å². The molecule has 0 aliphatic heterocycles. The molecule has 0 unspecified atom stereocenters. The highest BCUT2D eigenvalue weighted by Crippen LogP contribution is 2.08. The van der Waals surface area contributed by atoms with Crippen LogP contribution in [0.25, 0.3) is 0 Å². The number of unbranched alkanes of at least 4 members (excludes halogenated alkanes) is 6. The van der Waals surface area contributed by atoms with E-state index in [0.717, 1.165) is 44.9 Å². The summed E-state index contributed by atoms with van der Waals surface area (Å²) in [6, 6.07) is 0. The van der Waals surface area contributed by atoms with E-state index in [1.54, 1.807) is 0 Å². The Morgan fingerprint density at radius 3 is 2.15 bits per heavy atom. The molecule has 0 aromatic carbocycles. The van der Waals surface area contributed by atoms with Gasteiger partial charge in [-0.25, -0.2) is 0 Å². The molecule has 0 aliphatic carbocycles. The number of hydrogen-bond acceptors (Lipinski definition) is 1. The molecule has 0 rings (SSSR count). The van der Waals surface area contributed by atoms with Gasteiger partial charge in [-0.1, -0.05) is 62.6 Å². The van der Waals surface area contributed by atoms with Crippen molar-refractivity contribution in [3.63, 3.8) is 0 Å². The molecule has 0 aromatic heterocycles. The Labute approximate surface area is 124 Å². The molecule has 0 amide bonds. The Bertz CT molecular complexity index is 301. The quantitative estimate of drug-likeness (QED) is 0.268. The summed E-state index contributed by atoms with van der Waals surface area (Å²) < 4.78 is 0. The van der Waals surface area contributed by atoms with Gasteiger partial charge < -0.3 is 5.11 Å². The fourth-order valence-electron chi connectivity index (χ4n) is 1.89. The van der Waals surface area contributed by atoms with Crippen molar-refractivity contribution >= 4 is 5.97 Å². The van der Waals surface area contributed by atoms with Crippen LogP contribution in [-0.2, 0) is 4.79 Å². The van der Waals surface area contributed by atoms with Crippen LogP contribution in [0, 0.1) is 0 Å². The van der Waals surface area contributed by atoms with Crippen LogP contribution in [0.3, 0.4) is 0 Å². The van der Waals surface area contributed by atoms with E-state index < -0.39 is 5.97 Å². The summed E-state index contributed by atoms with van der Waals surface area (Å²) in [5.74, 6) is -0.674. The summed E-state index contributed by atoms with van der Waals surface area (Å²) in [6.45, 7) is 2.14. The molecule has 2 nitrogen and oxygen atoms in total. The lowest BCUT2D eigenvalue weighted by Gasteiger charge is -1.98. The SMILES string of the molecule is CCC=CC=CCCC=CCCCCCCCC(=O)O. The van der Waals surface area contributed by atoms with Gasteiger partial charge in [0.1, 0.15) is 0 Å². The lowest BCUT2D eigenvalue weighted by atomic mass is 10.1. The molecule has 0 radical (unpaired) electrons. The maximum Gasteiger partial charge on any atom is 0.303 e. The summed E-state index contributed by atoms with van der Waals surface area (Å²) in [5.41, 5.74) is 0. The smallest absolute Gasteiger partial charge is 0.303 e. The zero-order valence-electron chi connectivity index (χ0n) is 12.9. The Balaban J connectivity index is 3.22. The average molecular weight is 278 g/mol. The molecule has 0 atom stereocenters. The third-order valence-corrected chi connectivity index (χ3v) is 3.05.